The third-order valence-electron chi connectivity index (χ3n) is 10.9. The van der Waals surface area contributed by atoms with E-state index in [0.29, 0.717) is 0 Å². The van der Waals surface area contributed by atoms with Gasteiger partial charge in [-0.05, 0) is 112 Å². The molecule has 1 heteroatoms. The van der Waals surface area contributed by atoms with Gasteiger partial charge in [-0.25, -0.2) is 0 Å². The second-order valence-corrected chi connectivity index (χ2v) is 13.9. The first-order valence-corrected chi connectivity index (χ1v) is 17.1. The molecule has 1 heterocycles. The average Bonchev–Trinajstić information content (AvgIpc) is 3.38. The molecule has 0 aliphatic heterocycles. The molecule has 0 saturated carbocycles. The van der Waals surface area contributed by atoms with Crippen LogP contribution in [0, 0.1) is 0 Å². The van der Waals surface area contributed by atoms with Crippen molar-refractivity contribution in [3.05, 3.63) is 175 Å². The highest BCUT2D eigenvalue weighted by molar-refractivity contribution is 6.27. The summed E-state index contributed by atoms with van der Waals surface area (Å²) in [6.07, 6.45) is 3.95. The lowest BCUT2D eigenvalue weighted by Gasteiger charge is -2.22. The highest BCUT2D eigenvalue weighted by Crippen LogP contribution is 2.52. The molecule has 10 rings (SSSR count). The Morgan fingerprint density at radius 3 is 1.88 bits per heavy atom. The summed E-state index contributed by atoms with van der Waals surface area (Å²) in [7, 11) is 0. The lowest BCUT2D eigenvalue weighted by Crippen LogP contribution is -2.14. The second kappa shape index (κ2) is 10.5. The molecule has 8 aromatic carbocycles. The largest absolute Gasteiger partial charge is 0.264 e. The van der Waals surface area contributed by atoms with E-state index in [1.165, 1.54) is 98.7 Å². The zero-order chi connectivity index (χ0) is 32.7. The van der Waals surface area contributed by atoms with E-state index in [0.717, 1.165) is 0 Å². The van der Waals surface area contributed by atoms with Gasteiger partial charge in [-0.15, -0.1) is 0 Å². The van der Waals surface area contributed by atoms with E-state index in [-0.39, 0.29) is 5.41 Å². The van der Waals surface area contributed by atoms with Gasteiger partial charge >= 0.3 is 0 Å². The Kier molecular flexibility index (Phi) is 5.99. The van der Waals surface area contributed by atoms with Crippen molar-refractivity contribution in [3.63, 3.8) is 0 Å². The summed E-state index contributed by atoms with van der Waals surface area (Å²) >= 11 is 0. The molecular formula is C48H33N. The molecule has 1 aliphatic carbocycles. The van der Waals surface area contributed by atoms with E-state index in [1.54, 1.807) is 0 Å². The lowest BCUT2D eigenvalue weighted by molar-refractivity contribution is 0.660. The maximum atomic E-state index is 4.65. The topological polar surface area (TPSA) is 12.9 Å². The molecule has 1 aliphatic rings. The van der Waals surface area contributed by atoms with E-state index in [4.69, 9.17) is 0 Å². The van der Waals surface area contributed by atoms with Gasteiger partial charge in [0.2, 0.25) is 0 Å². The van der Waals surface area contributed by atoms with Gasteiger partial charge in [-0.3, -0.25) is 4.98 Å². The molecule has 0 atom stereocenters. The normalized spacial score (nSPS) is 13.3. The Hall–Kier alpha value is -6.05. The van der Waals surface area contributed by atoms with Crippen molar-refractivity contribution in [2.75, 3.05) is 0 Å². The van der Waals surface area contributed by atoms with Gasteiger partial charge in [0.1, 0.15) is 0 Å². The van der Waals surface area contributed by atoms with Gasteiger partial charge in [-0.1, -0.05) is 141 Å². The predicted octanol–water partition coefficient (Wildman–Crippen LogP) is 13.0. The average molecular weight is 624 g/mol. The molecule has 49 heavy (non-hydrogen) atoms. The summed E-state index contributed by atoms with van der Waals surface area (Å²) in [5.41, 5.74) is 12.9. The third-order valence-corrected chi connectivity index (χ3v) is 10.9. The molecule has 0 amide bonds. The van der Waals surface area contributed by atoms with Gasteiger partial charge in [0.05, 0.1) is 0 Å². The van der Waals surface area contributed by atoms with Crippen LogP contribution in [0.4, 0.5) is 0 Å². The Morgan fingerprint density at radius 2 is 1.02 bits per heavy atom. The van der Waals surface area contributed by atoms with Crippen LogP contribution in [0.1, 0.15) is 25.0 Å². The monoisotopic (exact) mass is 623 g/mol. The van der Waals surface area contributed by atoms with E-state index < -0.39 is 0 Å². The van der Waals surface area contributed by atoms with Crippen LogP contribution in [-0.2, 0) is 5.41 Å². The highest BCUT2D eigenvalue weighted by atomic mass is 14.6. The minimum Gasteiger partial charge on any atom is -0.264 e. The Bertz CT molecular complexity index is 2730. The van der Waals surface area contributed by atoms with Crippen molar-refractivity contribution in [1.82, 2.24) is 4.98 Å². The van der Waals surface area contributed by atoms with Crippen LogP contribution in [-0.4, -0.2) is 4.98 Å². The minimum absolute atomic E-state index is 0.0393. The quantitative estimate of drug-likeness (QED) is 0.178. The smallest absolute Gasteiger partial charge is 0.0352 e. The molecule has 0 bridgehead atoms. The van der Waals surface area contributed by atoms with Crippen LogP contribution in [0.25, 0.3) is 87.6 Å². The fourth-order valence-corrected chi connectivity index (χ4v) is 8.62. The number of rotatable bonds is 3. The van der Waals surface area contributed by atoms with Crippen molar-refractivity contribution in [2.24, 2.45) is 0 Å². The van der Waals surface area contributed by atoms with Crippen LogP contribution in [0.5, 0.6) is 0 Å². The van der Waals surface area contributed by atoms with E-state index >= 15 is 0 Å². The fourth-order valence-electron chi connectivity index (χ4n) is 8.62. The van der Waals surface area contributed by atoms with Crippen molar-refractivity contribution in [1.29, 1.82) is 0 Å². The SMILES string of the molecule is CC1(C)c2ccccc2-c2cc(-c3c4ccccc4c(-c4c5ccccc5cc5ccncc45)c4ccc(-c5ccccc5)cc34)ccc21. The second-order valence-electron chi connectivity index (χ2n) is 13.9. The van der Waals surface area contributed by atoms with Crippen molar-refractivity contribution in [2.45, 2.75) is 19.3 Å². The van der Waals surface area contributed by atoms with Crippen molar-refractivity contribution < 1.29 is 0 Å². The maximum absolute atomic E-state index is 4.65. The molecule has 0 saturated heterocycles. The van der Waals surface area contributed by atoms with Crippen molar-refractivity contribution >= 4 is 43.1 Å². The van der Waals surface area contributed by atoms with Gasteiger partial charge in [0, 0.05) is 28.8 Å². The Labute approximate surface area is 286 Å². The first-order valence-electron chi connectivity index (χ1n) is 17.1. The fraction of sp³-hybridized carbons (Fsp3) is 0.0625. The first-order chi connectivity index (χ1) is 24.1. The Balaban J connectivity index is 1.37. The molecular weight excluding hydrogens is 591 g/mol. The molecule has 1 aromatic heterocycles. The number of pyridine rings is 1. The maximum Gasteiger partial charge on any atom is 0.0352 e. The summed E-state index contributed by atoms with van der Waals surface area (Å²) in [4.78, 5) is 4.65. The summed E-state index contributed by atoms with van der Waals surface area (Å²) in [5.74, 6) is 0. The first kappa shape index (κ1) is 28.0. The van der Waals surface area contributed by atoms with Crippen LogP contribution in [0.2, 0.25) is 0 Å². The molecule has 0 spiro atoms. The molecule has 1 nitrogen and oxygen atoms in total. The summed E-state index contributed by atoms with van der Waals surface area (Å²) in [6.45, 7) is 4.71. The van der Waals surface area contributed by atoms with Gasteiger partial charge in [0.15, 0.2) is 0 Å². The van der Waals surface area contributed by atoms with Crippen LogP contribution >= 0.6 is 0 Å². The predicted molar refractivity (Wildman–Crippen MR) is 208 cm³/mol. The van der Waals surface area contributed by atoms with E-state index in [1.807, 2.05) is 12.4 Å². The summed E-state index contributed by atoms with van der Waals surface area (Å²) in [6, 6.07) is 56.2. The number of hydrogen-bond donors (Lipinski definition) is 0. The van der Waals surface area contributed by atoms with Crippen LogP contribution in [0.15, 0.2) is 164 Å². The van der Waals surface area contributed by atoms with Gasteiger partial charge < -0.3 is 0 Å². The van der Waals surface area contributed by atoms with Crippen LogP contribution in [0.3, 0.4) is 0 Å². The number of fused-ring (bicyclic) bond motifs is 7. The highest BCUT2D eigenvalue weighted by Gasteiger charge is 2.35. The molecule has 0 fully saturated rings. The third kappa shape index (κ3) is 4.09. The van der Waals surface area contributed by atoms with E-state index in [9.17, 15) is 0 Å². The number of nitrogens with zero attached hydrogens (tertiary/aromatic N) is 1. The number of aromatic nitrogens is 1. The molecule has 230 valence electrons. The molecule has 0 unspecified atom stereocenters. The lowest BCUT2D eigenvalue weighted by atomic mass is 9.80. The van der Waals surface area contributed by atoms with E-state index in [2.05, 4.69) is 170 Å². The molecule has 0 N–H and O–H groups in total. The van der Waals surface area contributed by atoms with Crippen molar-refractivity contribution in [3.8, 4) is 44.5 Å². The zero-order valence-corrected chi connectivity index (χ0v) is 27.5. The van der Waals surface area contributed by atoms with Gasteiger partial charge in [0.25, 0.3) is 0 Å². The summed E-state index contributed by atoms with van der Waals surface area (Å²) < 4.78 is 0. The molecule has 9 aromatic rings. The molecule has 0 radical (unpaired) electrons. The van der Waals surface area contributed by atoms with Gasteiger partial charge in [-0.2, -0.15) is 0 Å². The zero-order valence-electron chi connectivity index (χ0n) is 27.5. The van der Waals surface area contributed by atoms with Crippen LogP contribution < -0.4 is 0 Å². The number of hydrogen-bond acceptors (Lipinski definition) is 1. The standard InChI is InChI=1S/C48H33N/c1-48(2)43-19-11-10-16-36(43)40-28-34(21-23-44(40)48)45-37-17-8-9-18-38(37)47(39-22-20-31(27-41(39)45)30-12-4-3-5-13-30)46-35-15-7-6-14-32(35)26-33-24-25-49-29-42(33)46/h3-29H,1-2H3. The summed E-state index contributed by atoms with van der Waals surface area (Å²) in [5, 5.41) is 9.85. The minimum atomic E-state index is -0.0393. The number of benzene rings is 8. The Morgan fingerprint density at radius 1 is 0.388 bits per heavy atom.